The first-order valence-corrected chi connectivity index (χ1v) is 6.02. The Bertz CT molecular complexity index is 646. The third kappa shape index (κ3) is 2.67. The predicted octanol–water partition coefficient (Wildman–Crippen LogP) is 0.238. The highest BCUT2D eigenvalue weighted by molar-refractivity contribution is 6.30. The normalized spacial score (nSPS) is 17.9. The first-order chi connectivity index (χ1) is 9.70. The molecule has 2 aromatic rings. The molecule has 1 aliphatic heterocycles. The van der Waals surface area contributed by atoms with Crippen LogP contribution in [0.5, 0.6) is 0 Å². The molecule has 1 aromatic carbocycles. The van der Waals surface area contributed by atoms with Gasteiger partial charge in [0.1, 0.15) is 0 Å². The van der Waals surface area contributed by atoms with Crippen LogP contribution in [0.2, 0.25) is 5.02 Å². The van der Waals surface area contributed by atoms with Crippen LogP contribution in [0.1, 0.15) is 11.7 Å². The number of hydrogen-bond donors (Lipinski definition) is 4. The number of tetrazole rings is 1. The summed E-state index contributed by atoms with van der Waals surface area (Å²) in [6, 6.07) is 7.22. The quantitative estimate of drug-likeness (QED) is 0.627. The molecule has 102 valence electrons. The van der Waals surface area contributed by atoms with E-state index in [4.69, 9.17) is 17.3 Å². The van der Waals surface area contributed by atoms with E-state index in [0.717, 1.165) is 5.56 Å². The van der Waals surface area contributed by atoms with Gasteiger partial charge in [-0.2, -0.15) is 5.21 Å². The van der Waals surface area contributed by atoms with Gasteiger partial charge in [-0.15, -0.1) is 5.10 Å². The van der Waals surface area contributed by atoms with Gasteiger partial charge in [0.25, 0.3) is 5.95 Å². The van der Waals surface area contributed by atoms with E-state index in [0.29, 0.717) is 11.0 Å². The van der Waals surface area contributed by atoms with Crippen molar-refractivity contribution in [3.8, 4) is 0 Å². The van der Waals surface area contributed by atoms with Gasteiger partial charge in [0, 0.05) is 5.02 Å². The molecule has 2 heterocycles. The number of nitrogens with zero attached hydrogens (tertiary/aromatic N) is 5. The van der Waals surface area contributed by atoms with E-state index in [9.17, 15) is 0 Å². The van der Waals surface area contributed by atoms with Crippen molar-refractivity contribution in [3.05, 3.63) is 34.9 Å². The fourth-order valence-corrected chi connectivity index (χ4v) is 1.76. The number of anilines is 1. The molecule has 9 nitrogen and oxygen atoms in total. The summed E-state index contributed by atoms with van der Waals surface area (Å²) in [5, 5.41) is 19.6. The molecule has 0 saturated heterocycles. The zero-order valence-electron chi connectivity index (χ0n) is 10.1. The summed E-state index contributed by atoms with van der Waals surface area (Å²) < 4.78 is 0. The van der Waals surface area contributed by atoms with Gasteiger partial charge in [0.2, 0.25) is 5.96 Å². The minimum Gasteiger partial charge on any atom is -0.370 e. The Morgan fingerprint density at radius 1 is 1.20 bits per heavy atom. The molecule has 0 bridgehead atoms. The first-order valence-electron chi connectivity index (χ1n) is 5.65. The summed E-state index contributed by atoms with van der Waals surface area (Å²) in [6.45, 7) is 0. The van der Waals surface area contributed by atoms with Crippen molar-refractivity contribution in [2.24, 2.45) is 15.7 Å². The van der Waals surface area contributed by atoms with Crippen molar-refractivity contribution in [2.75, 3.05) is 5.32 Å². The van der Waals surface area contributed by atoms with Gasteiger partial charge in [-0.05, 0) is 22.9 Å². The maximum Gasteiger partial charge on any atom is 0.269 e. The topological polar surface area (TPSA) is 129 Å². The van der Waals surface area contributed by atoms with Crippen molar-refractivity contribution in [1.82, 2.24) is 25.9 Å². The lowest BCUT2D eigenvalue weighted by Crippen LogP contribution is -2.43. The number of rotatable bonds is 2. The largest absolute Gasteiger partial charge is 0.370 e. The number of benzene rings is 1. The van der Waals surface area contributed by atoms with Crippen LogP contribution in [-0.4, -0.2) is 32.5 Å². The summed E-state index contributed by atoms with van der Waals surface area (Å²) in [7, 11) is 0. The Balaban J connectivity index is 1.84. The summed E-state index contributed by atoms with van der Waals surface area (Å²) in [5.74, 6) is 0.908. The summed E-state index contributed by atoms with van der Waals surface area (Å²) in [6.07, 6.45) is -0.456. The Labute approximate surface area is 118 Å². The van der Waals surface area contributed by atoms with E-state index in [1.165, 1.54) is 0 Å². The SMILES string of the molecule is NC1=NC(c2ccc(Cl)cc2)N=C(Nc2nn[nH]n2)N1. The molecule has 0 aliphatic carbocycles. The van der Waals surface area contributed by atoms with E-state index in [2.05, 4.69) is 41.2 Å². The van der Waals surface area contributed by atoms with Crippen LogP contribution in [0.3, 0.4) is 0 Å². The van der Waals surface area contributed by atoms with Crippen molar-refractivity contribution in [3.63, 3.8) is 0 Å². The first kappa shape index (κ1) is 12.4. The van der Waals surface area contributed by atoms with Crippen LogP contribution >= 0.6 is 11.6 Å². The average molecular weight is 292 g/mol. The molecule has 20 heavy (non-hydrogen) atoms. The molecule has 5 N–H and O–H groups in total. The molecule has 1 aromatic heterocycles. The van der Waals surface area contributed by atoms with Gasteiger partial charge in [-0.25, -0.2) is 9.98 Å². The molecule has 1 aliphatic rings. The van der Waals surface area contributed by atoms with Crippen molar-refractivity contribution in [2.45, 2.75) is 6.17 Å². The molecule has 3 rings (SSSR count). The lowest BCUT2D eigenvalue weighted by Gasteiger charge is -2.19. The third-order valence-electron chi connectivity index (χ3n) is 2.50. The van der Waals surface area contributed by atoms with E-state index in [1.807, 2.05) is 12.1 Å². The lowest BCUT2D eigenvalue weighted by atomic mass is 10.2. The van der Waals surface area contributed by atoms with E-state index < -0.39 is 6.17 Å². The van der Waals surface area contributed by atoms with Crippen LogP contribution < -0.4 is 16.4 Å². The van der Waals surface area contributed by atoms with Crippen molar-refractivity contribution in [1.29, 1.82) is 0 Å². The van der Waals surface area contributed by atoms with Crippen molar-refractivity contribution < 1.29 is 0 Å². The van der Waals surface area contributed by atoms with Gasteiger partial charge in [0.05, 0.1) is 0 Å². The lowest BCUT2D eigenvalue weighted by molar-refractivity contribution is 0.750. The molecule has 0 fully saturated rings. The number of halogens is 1. The number of aromatic nitrogens is 4. The predicted molar refractivity (Wildman–Crippen MR) is 74.2 cm³/mol. The fourth-order valence-electron chi connectivity index (χ4n) is 1.64. The Kier molecular flexibility index (Phi) is 3.17. The minimum atomic E-state index is -0.456. The third-order valence-corrected chi connectivity index (χ3v) is 2.75. The Morgan fingerprint density at radius 2 is 2.00 bits per heavy atom. The van der Waals surface area contributed by atoms with Crippen LogP contribution in [0.25, 0.3) is 0 Å². The summed E-state index contributed by atoms with van der Waals surface area (Å²) in [4.78, 5) is 8.58. The van der Waals surface area contributed by atoms with Gasteiger partial charge in [-0.1, -0.05) is 28.8 Å². The smallest absolute Gasteiger partial charge is 0.269 e. The van der Waals surface area contributed by atoms with Crippen LogP contribution in [0.4, 0.5) is 5.95 Å². The molecule has 1 unspecified atom stereocenters. The molecule has 0 saturated carbocycles. The van der Waals surface area contributed by atoms with Crippen LogP contribution in [0.15, 0.2) is 34.3 Å². The number of nitrogens with two attached hydrogens (primary N) is 1. The van der Waals surface area contributed by atoms with Crippen molar-refractivity contribution >= 4 is 29.5 Å². The number of nitrogens with one attached hydrogen (secondary N) is 3. The second-order valence-corrected chi connectivity index (χ2v) is 4.34. The highest BCUT2D eigenvalue weighted by Crippen LogP contribution is 2.22. The highest BCUT2D eigenvalue weighted by atomic mass is 35.5. The molecule has 0 amide bonds. The standard InChI is InChI=1S/C10H10ClN9/c11-6-3-1-5(2-4-6)7-13-8(12)15-9(14-7)16-10-17-19-20-18-10/h1-4,7H,(H5,12,13,14,15,16,17,18,19,20). The minimum absolute atomic E-state index is 0.242. The summed E-state index contributed by atoms with van der Waals surface area (Å²) >= 11 is 5.85. The molecule has 1 atom stereocenters. The molecule has 0 spiro atoms. The number of H-pyrrole nitrogens is 1. The van der Waals surface area contributed by atoms with E-state index in [1.54, 1.807) is 12.1 Å². The van der Waals surface area contributed by atoms with Gasteiger partial charge in [-0.3, -0.25) is 10.6 Å². The zero-order valence-corrected chi connectivity index (χ0v) is 10.8. The molecule has 10 heteroatoms. The monoisotopic (exact) mass is 291 g/mol. The maximum atomic E-state index is 5.85. The number of aliphatic imine (C=N–C) groups is 2. The Morgan fingerprint density at radius 3 is 2.70 bits per heavy atom. The maximum absolute atomic E-state index is 5.85. The van der Waals surface area contributed by atoms with Gasteiger partial charge in [0.15, 0.2) is 12.1 Å². The fraction of sp³-hybridized carbons (Fsp3) is 0.100. The van der Waals surface area contributed by atoms with E-state index in [-0.39, 0.29) is 11.9 Å². The van der Waals surface area contributed by atoms with Crippen LogP contribution in [0, 0.1) is 0 Å². The van der Waals surface area contributed by atoms with Gasteiger partial charge < -0.3 is 5.73 Å². The number of guanidine groups is 2. The van der Waals surface area contributed by atoms with E-state index >= 15 is 0 Å². The van der Waals surface area contributed by atoms with Crippen LogP contribution in [-0.2, 0) is 0 Å². The second kappa shape index (κ2) is 5.13. The second-order valence-electron chi connectivity index (χ2n) is 3.90. The molecule has 0 radical (unpaired) electrons. The molecular formula is C10H10ClN9. The van der Waals surface area contributed by atoms with Gasteiger partial charge >= 0.3 is 0 Å². The molecular weight excluding hydrogens is 282 g/mol. The average Bonchev–Trinajstić information content (AvgIpc) is 2.91. The number of aromatic amines is 1. The summed E-state index contributed by atoms with van der Waals surface area (Å²) in [5.41, 5.74) is 6.61. The Hall–Kier alpha value is -2.68. The highest BCUT2D eigenvalue weighted by Gasteiger charge is 2.17. The number of hydrogen-bond acceptors (Lipinski definition) is 8. The zero-order chi connectivity index (χ0) is 13.9.